The molecule has 6 nitrogen and oxygen atoms in total. The number of aromatic nitrogens is 3. The fourth-order valence-electron chi connectivity index (χ4n) is 5.29. The van der Waals surface area contributed by atoms with Crippen LogP contribution in [0.5, 0.6) is 0 Å². The van der Waals surface area contributed by atoms with E-state index in [9.17, 15) is 4.79 Å². The fourth-order valence-corrected chi connectivity index (χ4v) is 5.29. The summed E-state index contributed by atoms with van der Waals surface area (Å²) in [6.45, 7) is 4.50. The van der Waals surface area contributed by atoms with Crippen LogP contribution >= 0.6 is 0 Å². The standard InChI is InChI=1S/C29H29N5O/c35-29(33-17-13-23-10-4-5-11-24(23)19-33)28-26-21-32(18-22-8-2-1-3-9-22)16-14-27(26)34(31-28)20-25-12-6-7-15-30-25/h1-12,15H,13-14,16-21H2. The van der Waals surface area contributed by atoms with E-state index < -0.39 is 0 Å². The highest BCUT2D eigenvalue weighted by Gasteiger charge is 2.31. The van der Waals surface area contributed by atoms with Gasteiger partial charge in [-0.05, 0) is 35.2 Å². The first kappa shape index (κ1) is 21.7. The largest absolute Gasteiger partial charge is 0.333 e. The zero-order valence-electron chi connectivity index (χ0n) is 19.8. The maximum atomic E-state index is 13.8. The first-order valence-corrected chi connectivity index (χ1v) is 12.4. The number of pyridine rings is 1. The molecule has 0 fully saturated rings. The Labute approximate surface area is 205 Å². The highest BCUT2D eigenvalue weighted by Crippen LogP contribution is 2.27. The lowest BCUT2D eigenvalue weighted by Crippen LogP contribution is -2.37. The van der Waals surface area contributed by atoms with Crippen LogP contribution in [0.2, 0.25) is 0 Å². The van der Waals surface area contributed by atoms with Crippen LogP contribution in [0.25, 0.3) is 0 Å². The minimum absolute atomic E-state index is 0.0390. The number of rotatable bonds is 5. The van der Waals surface area contributed by atoms with Crippen molar-refractivity contribution in [1.82, 2.24) is 24.6 Å². The molecule has 0 bridgehead atoms. The Balaban J connectivity index is 1.31. The Morgan fingerprint density at radius 1 is 0.800 bits per heavy atom. The van der Waals surface area contributed by atoms with Gasteiger partial charge in [-0.1, -0.05) is 60.7 Å². The summed E-state index contributed by atoms with van der Waals surface area (Å²) in [4.78, 5) is 22.7. The Morgan fingerprint density at radius 3 is 2.43 bits per heavy atom. The molecule has 6 rings (SSSR count). The van der Waals surface area contributed by atoms with Gasteiger partial charge in [-0.15, -0.1) is 0 Å². The van der Waals surface area contributed by atoms with Gasteiger partial charge in [-0.3, -0.25) is 19.4 Å². The summed E-state index contributed by atoms with van der Waals surface area (Å²) in [7, 11) is 0. The van der Waals surface area contributed by atoms with E-state index in [1.54, 1.807) is 0 Å². The van der Waals surface area contributed by atoms with Gasteiger partial charge in [0, 0.05) is 56.6 Å². The summed E-state index contributed by atoms with van der Waals surface area (Å²) < 4.78 is 2.02. The van der Waals surface area contributed by atoms with Gasteiger partial charge >= 0.3 is 0 Å². The SMILES string of the molecule is O=C(c1nn(Cc2ccccn2)c2c1CN(Cc1ccccc1)CC2)N1CCc2ccccc2C1. The van der Waals surface area contributed by atoms with E-state index in [4.69, 9.17) is 5.10 Å². The molecule has 2 aliphatic heterocycles. The molecule has 0 spiro atoms. The third-order valence-corrected chi connectivity index (χ3v) is 7.12. The van der Waals surface area contributed by atoms with E-state index in [0.717, 1.165) is 50.3 Å². The van der Waals surface area contributed by atoms with Crippen LogP contribution in [0.15, 0.2) is 79.0 Å². The highest BCUT2D eigenvalue weighted by atomic mass is 16.2. The predicted molar refractivity (Wildman–Crippen MR) is 135 cm³/mol. The lowest BCUT2D eigenvalue weighted by Gasteiger charge is -2.30. The molecule has 35 heavy (non-hydrogen) atoms. The quantitative estimate of drug-likeness (QED) is 0.448. The van der Waals surface area contributed by atoms with Crippen molar-refractivity contribution in [1.29, 1.82) is 0 Å². The molecule has 4 aromatic rings. The molecule has 4 heterocycles. The van der Waals surface area contributed by atoms with Crippen LogP contribution in [-0.2, 0) is 39.0 Å². The number of carbonyl (C=O) groups excluding carboxylic acids is 1. The predicted octanol–water partition coefficient (Wildman–Crippen LogP) is 4.08. The summed E-state index contributed by atoms with van der Waals surface area (Å²) in [6.07, 6.45) is 3.57. The lowest BCUT2D eigenvalue weighted by molar-refractivity contribution is 0.0725. The number of hydrogen-bond acceptors (Lipinski definition) is 4. The van der Waals surface area contributed by atoms with E-state index in [1.165, 1.54) is 22.4 Å². The van der Waals surface area contributed by atoms with Gasteiger partial charge in [0.15, 0.2) is 5.69 Å². The summed E-state index contributed by atoms with van der Waals surface area (Å²) >= 11 is 0. The van der Waals surface area contributed by atoms with Crippen molar-refractivity contribution in [3.05, 3.63) is 118 Å². The van der Waals surface area contributed by atoms with Crippen molar-refractivity contribution < 1.29 is 4.79 Å². The zero-order chi connectivity index (χ0) is 23.6. The van der Waals surface area contributed by atoms with Crippen molar-refractivity contribution in [3.63, 3.8) is 0 Å². The Morgan fingerprint density at radius 2 is 1.60 bits per heavy atom. The fraction of sp³-hybridized carbons (Fsp3) is 0.276. The number of amides is 1. The molecule has 2 aromatic heterocycles. The van der Waals surface area contributed by atoms with Crippen molar-refractivity contribution >= 4 is 5.91 Å². The molecule has 0 radical (unpaired) electrons. The van der Waals surface area contributed by atoms with E-state index >= 15 is 0 Å². The molecule has 0 saturated carbocycles. The molecular weight excluding hydrogens is 434 g/mol. The van der Waals surface area contributed by atoms with E-state index in [1.807, 2.05) is 40.0 Å². The number of carbonyl (C=O) groups is 1. The van der Waals surface area contributed by atoms with Gasteiger partial charge in [-0.25, -0.2) is 0 Å². The summed E-state index contributed by atoms with van der Waals surface area (Å²) in [6, 6.07) is 24.9. The van der Waals surface area contributed by atoms with E-state index in [2.05, 4.69) is 58.4 Å². The zero-order valence-corrected chi connectivity index (χ0v) is 19.8. The second kappa shape index (κ2) is 9.47. The van der Waals surface area contributed by atoms with E-state index in [-0.39, 0.29) is 5.91 Å². The second-order valence-electron chi connectivity index (χ2n) is 9.44. The minimum atomic E-state index is 0.0390. The molecule has 0 aliphatic carbocycles. The molecule has 2 aromatic carbocycles. The van der Waals surface area contributed by atoms with Crippen LogP contribution in [0, 0.1) is 0 Å². The van der Waals surface area contributed by atoms with Crippen LogP contribution in [-0.4, -0.2) is 43.6 Å². The van der Waals surface area contributed by atoms with Gasteiger partial charge in [0.1, 0.15) is 0 Å². The molecule has 1 amide bonds. The van der Waals surface area contributed by atoms with Gasteiger partial charge in [0.25, 0.3) is 5.91 Å². The monoisotopic (exact) mass is 463 g/mol. The molecule has 0 saturated heterocycles. The van der Waals surface area contributed by atoms with Crippen molar-refractivity contribution in [2.75, 3.05) is 13.1 Å². The summed E-state index contributed by atoms with van der Waals surface area (Å²) in [5.41, 5.74) is 7.67. The Bertz CT molecular complexity index is 1330. The normalized spacial score (nSPS) is 15.5. The number of nitrogens with zero attached hydrogens (tertiary/aromatic N) is 5. The molecule has 176 valence electrons. The maximum absolute atomic E-state index is 13.8. The molecule has 0 unspecified atom stereocenters. The minimum Gasteiger partial charge on any atom is -0.333 e. The van der Waals surface area contributed by atoms with Gasteiger partial charge in [-0.2, -0.15) is 5.10 Å². The number of fused-ring (bicyclic) bond motifs is 2. The van der Waals surface area contributed by atoms with Crippen molar-refractivity contribution in [2.24, 2.45) is 0 Å². The third kappa shape index (κ3) is 4.49. The summed E-state index contributed by atoms with van der Waals surface area (Å²) in [5, 5.41) is 4.92. The maximum Gasteiger partial charge on any atom is 0.275 e. The van der Waals surface area contributed by atoms with Crippen LogP contribution in [0.4, 0.5) is 0 Å². The lowest BCUT2D eigenvalue weighted by atomic mass is 9.98. The second-order valence-corrected chi connectivity index (χ2v) is 9.44. The van der Waals surface area contributed by atoms with E-state index in [0.29, 0.717) is 18.8 Å². The summed E-state index contributed by atoms with van der Waals surface area (Å²) in [5.74, 6) is 0.0390. The van der Waals surface area contributed by atoms with Crippen LogP contribution in [0.1, 0.15) is 44.1 Å². The molecule has 2 aliphatic rings. The van der Waals surface area contributed by atoms with Crippen molar-refractivity contribution in [3.8, 4) is 0 Å². The molecule has 0 N–H and O–H groups in total. The molecular formula is C29H29N5O. The average Bonchev–Trinajstić information content (AvgIpc) is 3.26. The molecule has 6 heteroatoms. The van der Waals surface area contributed by atoms with Gasteiger partial charge in [0.05, 0.1) is 12.2 Å². The number of benzene rings is 2. The Hall–Kier alpha value is -3.77. The Kier molecular flexibility index (Phi) is 5.88. The number of hydrogen-bond donors (Lipinski definition) is 0. The first-order chi connectivity index (χ1) is 17.2. The van der Waals surface area contributed by atoms with Gasteiger partial charge in [0.2, 0.25) is 0 Å². The van der Waals surface area contributed by atoms with Crippen LogP contribution < -0.4 is 0 Å². The smallest absolute Gasteiger partial charge is 0.275 e. The van der Waals surface area contributed by atoms with Crippen molar-refractivity contribution in [2.45, 2.75) is 39.0 Å². The van der Waals surface area contributed by atoms with Gasteiger partial charge < -0.3 is 4.90 Å². The topological polar surface area (TPSA) is 54.3 Å². The highest BCUT2D eigenvalue weighted by molar-refractivity contribution is 5.94. The first-order valence-electron chi connectivity index (χ1n) is 12.4. The third-order valence-electron chi connectivity index (χ3n) is 7.12. The average molecular weight is 464 g/mol. The molecule has 0 atom stereocenters. The van der Waals surface area contributed by atoms with Crippen LogP contribution in [0.3, 0.4) is 0 Å².